The van der Waals surface area contributed by atoms with Crippen LogP contribution in [0.2, 0.25) is 0 Å². The first-order chi connectivity index (χ1) is 24.6. The molecule has 4 fully saturated rings. The normalized spacial score (nSPS) is 29.1. The largest absolute Gasteiger partial charge is 0.503 e. The van der Waals surface area contributed by atoms with E-state index in [2.05, 4.69) is 43.4 Å². The lowest BCUT2D eigenvalue weighted by Crippen LogP contribution is -2.53. The molecule has 0 bridgehead atoms. The van der Waals surface area contributed by atoms with Crippen molar-refractivity contribution in [3.05, 3.63) is 97.9 Å². The van der Waals surface area contributed by atoms with Gasteiger partial charge in [-0.3, -0.25) is 29.5 Å². The molecule has 9 nitrogen and oxygen atoms in total. The number of phenols is 1. The average Bonchev–Trinajstić information content (AvgIpc) is 3.53. The first-order valence-corrected chi connectivity index (χ1v) is 19.3. The van der Waals surface area contributed by atoms with E-state index in [0.29, 0.717) is 32.2 Å². The summed E-state index contributed by atoms with van der Waals surface area (Å²) in [4.78, 5) is 60.5. The molecule has 2 saturated carbocycles. The topological polar surface area (TPSA) is 116 Å². The molecular formula is C40H39Br2N3O6. The molecule has 264 valence electrons. The molecule has 6 unspecified atom stereocenters. The van der Waals surface area contributed by atoms with E-state index in [9.17, 15) is 19.5 Å². The van der Waals surface area contributed by atoms with Crippen LogP contribution in [0.4, 0.5) is 5.69 Å². The number of nitrogens with one attached hydrogen (secondary N) is 1. The molecule has 11 heteroatoms. The number of carbonyl (C=O) groups is 4. The van der Waals surface area contributed by atoms with Crippen LogP contribution in [0, 0.1) is 30.6 Å². The number of allylic oxidation sites excluding steroid dienone is 2. The highest BCUT2D eigenvalue weighted by Crippen LogP contribution is 2.65. The monoisotopic (exact) mass is 815 g/mol. The predicted molar refractivity (Wildman–Crippen MR) is 198 cm³/mol. The van der Waals surface area contributed by atoms with E-state index in [1.54, 1.807) is 11.0 Å². The van der Waals surface area contributed by atoms with Crippen LogP contribution in [0.25, 0.3) is 0 Å². The molecule has 4 amide bonds. The van der Waals surface area contributed by atoms with E-state index < -0.39 is 46.8 Å². The Morgan fingerprint density at radius 3 is 2.27 bits per heavy atom. The average molecular weight is 818 g/mol. The highest BCUT2D eigenvalue weighted by Gasteiger charge is 2.70. The lowest BCUT2D eigenvalue weighted by Gasteiger charge is -2.51. The van der Waals surface area contributed by atoms with E-state index in [0.717, 1.165) is 48.2 Å². The fraction of sp³-hybridized carbons (Fsp3) is 0.400. The zero-order valence-electron chi connectivity index (χ0n) is 28.4. The Kier molecular flexibility index (Phi) is 8.65. The van der Waals surface area contributed by atoms with Crippen molar-refractivity contribution in [3.8, 4) is 11.5 Å². The summed E-state index contributed by atoms with van der Waals surface area (Å²) in [5.74, 6) is -4.27. The SMILES string of the molecule is COc1cc(C2C3=CCC4C(=O)N(C5CCCCC5)C(=O)C4C3CC3C(=O)N(Nc4ccc(C)cc4)C(=O)C32c2ccccc2)c(Br)c(Br)c1O. The second-order valence-corrected chi connectivity index (χ2v) is 16.2. The smallest absolute Gasteiger partial charge is 0.260 e. The van der Waals surface area contributed by atoms with Gasteiger partial charge in [-0.1, -0.05) is 78.9 Å². The Labute approximate surface area is 313 Å². The van der Waals surface area contributed by atoms with Crippen molar-refractivity contribution >= 4 is 61.2 Å². The maximum Gasteiger partial charge on any atom is 0.260 e. The number of ether oxygens (including phenoxy) is 1. The van der Waals surface area contributed by atoms with Gasteiger partial charge in [0.1, 0.15) is 0 Å². The van der Waals surface area contributed by atoms with Crippen LogP contribution in [-0.2, 0) is 24.6 Å². The molecule has 3 aromatic rings. The van der Waals surface area contributed by atoms with Crippen molar-refractivity contribution in [2.24, 2.45) is 23.7 Å². The van der Waals surface area contributed by atoms with E-state index >= 15 is 4.79 Å². The Hall–Kier alpha value is -3.96. The molecular weight excluding hydrogens is 778 g/mol. The number of hydrogen-bond acceptors (Lipinski definition) is 7. The zero-order chi connectivity index (χ0) is 35.8. The summed E-state index contributed by atoms with van der Waals surface area (Å²) < 4.78 is 6.49. The quantitative estimate of drug-likeness (QED) is 0.195. The van der Waals surface area contributed by atoms with Crippen LogP contribution >= 0.6 is 31.9 Å². The number of anilines is 1. The molecule has 3 aromatic carbocycles. The van der Waals surface area contributed by atoms with Gasteiger partial charge in [-0.2, -0.15) is 5.01 Å². The summed E-state index contributed by atoms with van der Waals surface area (Å²) >= 11 is 7.30. The lowest BCUT2D eigenvalue weighted by molar-refractivity contribution is -0.144. The van der Waals surface area contributed by atoms with E-state index in [-0.39, 0.29) is 35.8 Å². The van der Waals surface area contributed by atoms with Crippen molar-refractivity contribution < 1.29 is 29.0 Å². The standard InChI is InChI=1S/C40H39Br2N3O6/c1-21-13-15-23(16-14-21)43-45-37(48)29-19-27-25(17-18-26-31(27)38(49)44(36(26)47)24-11-7-4-8-12-24)32(28-20-30(51-2)35(46)34(42)33(28)41)40(29,39(45)50)22-9-5-3-6-10-22/h3,5-6,9-10,13-17,20,24,26-27,29,31-32,43,46H,4,7-8,11-12,18-19H2,1-2H3. The third-order valence-corrected chi connectivity index (χ3v) is 14.2. The summed E-state index contributed by atoms with van der Waals surface area (Å²) in [6.45, 7) is 1.97. The lowest BCUT2D eigenvalue weighted by atomic mass is 9.49. The van der Waals surface area contributed by atoms with Crippen molar-refractivity contribution in [2.45, 2.75) is 69.2 Å². The predicted octanol–water partition coefficient (Wildman–Crippen LogP) is 7.55. The van der Waals surface area contributed by atoms with Crippen LogP contribution in [0.15, 0.2) is 81.3 Å². The second kappa shape index (κ2) is 12.9. The van der Waals surface area contributed by atoms with Crippen LogP contribution < -0.4 is 10.2 Å². The number of aryl methyl sites for hydroxylation is 1. The fourth-order valence-corrected chi connectivity index (χ4v) is 10.7. The van der Waals surface area contributed by atoms with Crippen LogP contribution in [0.5, 0.6) is 11.5 Å². The van der Waals surface area contributed by atoms with Crippen molar-refractivity contribution in [1.29, 1.82) is 0 Å². The number of hydrogen-bond donors (Lipinski definition) is 2. The minimum atomic E-state index is -1.44. The van der Waals surface area contributed by atoms with E-state index in [1.807, 2.05) is 61.5 Å². The summed E-state index contributed by atoms with van der Waals surface area (Å²) in [5, 5.41) is 12.2. The van der Waals surface area contributed by atoms with Crippen LogP contribution in [0.1, 0.15) is 67.6 Å². The maximum atomic E-state index is 15.4. The first kappa shape index (κ1) is 34.1. The van der Waals surface area contributed by atoms with Crippen molar-refractivity contribution in [2.75, 3.05) is 12.5 Å². The molecule has 2 heterocycles. The molecule has 2 saturated heterocycles. The fourth-order valence-electron chi connectivity index (χ4n) is 9.79. The summed E-state index contributed by atoms with van der Waals surface area (Å²) in [6.07, 6.45) is 7.33. The molecule has 6 atom stereocenters. The number of amides is 4. The number of phenolic OH excluding ortho intramolecular Hbond substituents is 1. The number of halogens is 2. The third kappa shape index (κ3) is 5.05. The summed E-state index contributed by atoms with van der Waals surface area (Å²) in [5.41, 5.74) is 5.47. The number of carbonyl (C=O) groups excluding carboxylic acids is 4. The van der Waals surface area contributed by atoms with Gasteiger partial charge in [-0.15, -0.1) is 0 Å². The Morgan fingerprint density at radius 1 is 0.882 bits per heavy atom. The molecule has 5 aliphatic rings. The molecule has 2 aliphatic heterocycles. The number of rotatable bonds is 6. The number of imide groups is 2. The van der Waals surface area contributed by atoms with Crippen LogP contribution in [0.3, 0.4) is 0 Å². The van der Waals surface area contributed by atoms with Gasteiger partial charge in [0.05, 0.1) is 40.4 Å². The molecule has 0 radical (unpaired) electrons. The minimum absolute atomic E-state index is 0.106. The number of methoxy groups -OCH3 is 1. The number of benzene rings is 3. The molecule has 0 aromatic heterocycles. The first-order valence-electron chi connectivity index (χ1n) is 17.7. The van der Waals surface area contributed by atoms with Gasteiger partial charge in [0.25, 0.3) is 11.8 Å². The van der Waals surface area contributed by atoms with Gasteiger partial charge < -0.3 is 9.84 Å². The summed E-state index contributed by atoms with van der Waals surface area (Å²) in [6, 6.07) is 18.5. The van der Waals surface area contributed by atoms with Crippen LogP contribution in [-0.4, -0.2) is 51.8 Å². The van der Waals surface area contributed by atoms with Crippen molar-refractivity contribution in [1.82, 2.24) is 9.91 Å². The number of nitrogens with zero attached hydrogens (tertiary/aromatic N) is 2. The molecule has 8 rings (SSSR count). The molecule has 3 aliphatic carbocycles. The third-order valence-electron chi connectivity index (χ3n) is 12.1. The Morgan fingerprint density at radius 2 is 1.59 bits per heavy atom. The maximum absolute atomic E-state index is 15.4. The van der Waals surface area contributed by atoms with Gasteiger partial charge in [-0.05, 0) is 99.7 Å². The van der Waals surface area contributed by atoms with Gasteiger partial charge in [0.15, 0.2) is 11.5 Å². The van der Waals surface area contributed by atoms with Gasteiger partial charge in [0.2, 0.25) is 11.8 Å². The second-order valence-electron chi connectivity index (χ2n) is 14.6. The van der Waals surface area contributed by atoms with Gasteiger partial charge >= 0.3 is 0 Å². The Bertz CT molecular complexity index is 1980. The van der Waals surface area contributed by atoms with Gasteiger partial charge in [-0.25, -0.2) is 0 Å². The van der Waals surface area contributed by atoms with Crippen molar-refractivity contribution in [3.63, 3.8) is 0 Å². The molecule has 0 spiro atoms. The Balaban J connectivity index is 1.35. The number of fused-ring (bicyclic) bond motifs is 4. The number of likely N-dealkylation sites (tertiary alicyclic amines) is 1. The van der Waals surface area contributed by atoms with Gasteiger partial charge in [0, 0.05) is 16.4 Å². The zero-order valence-corrected chi connectivity index (χ0v) is 31.6. The minimum Gasteiger partial charge on any atom is -0.503 e. The number of hydrazine groups is 1. The summed E-state index contributed by atoms with van der Waals surface area (Å²) in [7, 11) is 1.46. The highest BCUT2D eigenvalue weighted by molar-refractivity contribution is 9.13. The van der Waals surface area contributed by atoms with E-state index in [4.69, 9.17) is 4.74 Å². The highest BCUT2D eigenvalue weighted by atomic mass is 79.9. The molecule has 2 N–H and O–H groups in total. The number of aromatic hydroxyl groups is 1. The molecule has 51 heavy (non-hydrogen) atoms. The van der Waals surface area contributed by atoms with E-state index in [1.165, 1.54) is 7.11 Å².